The van der Waals surface area contributed by atoms with Gasteiger partial charge in [-0.1, -0.05) is 11.6 Å². The Morgan fingerprint density at radius 3 is 2.82 bits per heavy atom. The number of anilines is 1. The van der Waals surface area contributed by atoms with Crippen LogP contribution in [0, 0.1) is 11.3 Å². The van der Waals surface area contributed by atoms with Crippen LogP contribution in [0.3, 0.4) is 0 Å². The summed E-state index contributed by atoms with van der Waals surface area (Å²) in [6, 6.07) is 7.60. The first kappa shape index (κ1) is 14.7. The van der Waals surface area contributed by atoms with Crippen molar-refractivity contribution < 1.29 is 4.74 Å². The van der Waals surface area contributed by atoms with Gasteiger partial charge in [0.25, 0.3) is 0 Å². The van der Waals surface area contributed by atoms with Gasteiger partial charge >= 0.3 is 0 Å². The van der Waals surface area contributed by atoms with Crippen LogP contribution in [0.25, 0.3) is 11.1 Å². The van der Waals surface area contributed by atoms with Gasteiger partial charge in [-0.3, -0.25) is 0 Å². The molecule has 1 aromatic heterocycles. The number of aromatic nitrogens is 1. The Bertz CT molecular complexity index is 780. The lowest BCUT2D eigenvalue weighted by molar-refractivity contribution is 0.416. The van der Waals surface area contributed by atoms with E-state index in [2.05, 4.69) is 11.1 Å². The summed E-state index contributed by atoms with van der Waals surface area (Å²) in [6.45, 7) is 0. The maximum Gasteiger partial charge on any atom is 0.142 e. The summed E-state index contributed by atoms with van der Waals surface area (Å²) in [5.41, 5.74) is 10.1. The zero-order valence-electron chi connectivity index (χ0n) is 12.3. The highest BCUT2D eigenvalue weighted by atomic mass is 35.5. The second-order valence-corrected chi connectivity index (χ2v) is 5.77. The van der Waals surface area contributed by atoms with E-state index >= 15 is 0 Å². The summed E-state index contributed by atoms with van der Waals surface area (Å²) < 4.78 is 5.46. The number of hydrogen-bond acceptors (Lipinski definition) is 4. The van der Waals surface area contributed by atoms with Crippen molar-refractivity contribution in [2.75, 3.05) is 12.8 Å². The van der Waals surface area contributed by atoms with Crippen molar-refractivity contribution in [3.05, 3.63) is 40.0 Å². The van der Waals surface area contributed by atoms with Gasteiger partial charge in [0.2, 0.25) is 0 Å². The topological polar surface area (TPSA) is 71.9 Å². The Balaban J connectivity index is 2.37. The SMILES string of the molecule is COc1ccc(Cl)cc1-c1c(C#N)c(N)nc2c1CCCC2. The number of nitrogen functional groups attached to an aromatic ring is 1. The van der Waals surface area contributed by atoms with Crippen molar-refractivity contribution in [2.24, 2.45) is 0 Å². The van der Waals surface area contributed by atoms with Crippen LogP contribution >= 0.6 is 11.6 Å². The number of nitriles is 1. The second-order valence-electron chi connectivity index (χ2n) is 5.34. The zero-order chi connectivity index (χ0) is 15.7. The van der Waals surface area contributed by atoms with Crippen LogP contribution in [0.4, 0.5) is 5.82 Å². The monoisotopic (exact) mass is 313 g/mol. The molecule has 0 unspecified atom stereocenters. The summed E-state index contributed by atoms with van der Waals surface area (Å²) in [6.07, 6.45) is 3.96. The Hall–Kier alpha value is -2.25. The van der Waals surface area contributed by atoms with Crippen molar-refractivity contribution >= 4 is 17.4 Å². The molecule has 3 rings (SSSR count). The van der Waals surface area contributed by atoms with Gasteiger partial charge in [-0.2, -0.15) is 5.26 Å². The minimum Gasteiger partial charge on any atom is -0.496 e. The molecule has 0 saturated heterocycles. The van der Waals surface area contributed by atoms with E-state index in [0.29, 0.717) is 16.3 Å². The molecule has 0 spiro atoms. The number of pyridine rings is 1. The Morgan fingerprint density at radius 2 is 2.09 bits per heavy atom. The Kier molecular flexibility index (Phi) is 3.91. The van der Waals surface area contributed by atoms with Crippen LogP contribution < -0.4 is 10.5 Å². The zero-order valence-corrected chi connectivity index (χ0v) is 13.1. The highest BCUT2D eigenvalue weighted by Gasteiger charge is 2.24. The molecule has 112 valence electrons. The third-order valence-corrected chi connectivity index (χ3v) is 4.28. The van der Waals surface area contributed by atoms with E-state index in [1.54, 1.807) is 13.2 Å². The minimum absolute atomic E-state index is 0.278. The van der Waals surface area contributed by atoms with E-state index in [4.69, 9.17) is 22.1 Å². The number of fused-ring (bicyclic) bond motifs is 1. The molecule has 0 atom stereocenters. The number of nitrogens with zero attached hydrogens (tertiary/aromatic N) is 2. The molecule has 0 fully saturated rings. The van der Waals surface area contributed by atoms with E-state index in [1.807, 2.05) is 12.1 Å². The van der Waals surface area contributed by atoms with Gasteiger partial charge in [-0.05, 0) is 49.4 Å². The lowest BCUT2D eigenvalue weighted by atomic mass is 9.86. The predicted octanol–water partition coefficient (Wildman–Crippen LogP) is 3.74. The molecule has 0 aliphatic heterocycles. The van der Waals surface area contributed by atoms with Gasteiger partial charge in [0.1, 0.15) is 23.2 Å². The molecule has 0 radical (unpaired) electrons. The fourth-order valence-electron chi connectivity index (χ4n) is 3.05. The number of methoxy groups -OCH3 is 1. The maximum absolute atomic E-state index is 9.55. The molecule has 1 aliphatic rings. The van der Waals surface area contributed by atoms with Gasteiger partial charge < -0.3 is 10.5 Å². The molecule has 0 bridgehead atoms. The number of nitrogens with two attached hydrogens (primary N) is 1. The van der Waals surface area contributed by atoms with E-state index in [0.717, 1.165) is 48.1 Å². The lowest BCUT2D eigenvalue weighted by Crippen LogP contribution is -2.12. The van der Waals surface area contributed by atoms with Gasteiger partial charge in [0, 0.05) is 21.8 Å². The summed E-state index contributed by atoms with van der Waals surface area (Å²) >= 11 is 6.16. The molecular weight excluding hydrogens is 298 g/mol. The third kappa shape index (κ3) is 2.38. The predicted molar refractivity (Wildman–Crippen MR) is 87.0 cm³/mol. The van der Waals surface area contributed by atoms with Crippen molar-refractivity contribution in [3.63, 3.8) is 0 Å². The van der Waals surface area contributed by atoms with Gasteiger partial charge in [0.05, 0.1) is 7.11 Å². The average Bonchev–Trinajstić information content (AvgIpc) is 2.53. The average molecular weight is 314 g/mol. The van der Waals surface area contributed by atoms with Crippen molar-refractivity contribution in [2.45, 2.75) is 25.7 Å². The van der Waals surface area contributed by atoms with E-state index in [9.17, 15) is 5.26 Å². The summed E-state index contributed by atoms with van der Waals surface area (Å²) in [5.74, 6) is 0.958. The second kappa shape index (κ2) is 5.86. The molecule has 0 saturated carbocycles. The van der Waals surface area contributed by atoms with Gasteiger partial charge in [-0.25, -0.2) is 4.98 Å². The molecule has 2 aromatic rings. The van der Waals surface area contributed by atoms with Crippen LogP contribution in [-0.4, -0.2) is 12.1 Å². The highest BCUT2D eigenvalue weighted by molar-refractivity contribution is 6.31. The van der Waals surface area contributed by atoms with E-state index < -0.39 is 0 Å². The van der Waals surface area contributed by atoms with Crippen molar-refractivity contribution in [1.82, 2.24) is 4.98 Å². The first-order chi connectivity index (χ1) is 10.7. The Labute approximate surface area is 134 Å². The normalized spacial score (nSPS) is 13.3. The molecule has 1 heterocycles. The summed E-state index contributed by atoms with van der Waals surface area (Å²) in [4.78, 5) is 4.43. The Morgan fingerprint density at radius 1 is 1.32 bits per heavy atom. The quantitative estimate of drug-likeness (QED) is 0.916. The number of aryl methyl sites for hydroxylation is 1. The molecule has 1 aliphatic carbocycles. The highest BCUT2D eigenvalue weighted by Crippen LogP contribution is 2.41. The van der Waals surface area contributed by atoms with Crippen LogP contribution in [-0.2, 0) is 12.8 Å². The van der Waals surface area contributed by atoms with E-state index in [1.165, 1.54) is 0 Å². The molecule has 22 heavy (non-hydrogen) atoms. The van der Waals surface area contributed by atoms with Gasteiger partial charge in [-0.15, -0.1) is 0 Å². The summed E-state index contributed by atoms with van der Waals surface area (Å²) in [5, 5.41) is 10.1. The van der Waals surface area contributed by atoms with Crippen LogP contribution in [0.1, 0.15) is 29.7 Å². The smallest absolute Gasteiger partial charge is 0.142 e. The number of ether oxygens (including phenoxy) is 1. The number of rotatable bonds is 2. The van der Waals surface area contributed by atoms with Crippen LogP contribution in [0.2, 0.25) is 5.02 Å². The van der Waals surface area contributed by atoms with Crippen LogP contribution in [0.5, 0.6) is 5.75 Å². The molecular formula is C17H16ClN3O. The lowest BCUT2D eigenvalue weighted by Gasteiger charge is -2.22. The fraction of sp³-hybridized carbons (Fsp3) is 0.294. The largest absolute Gasteiger partial charge is 0.496 e. The van der Waals surface area contributed by atoms with Crippen molar-refractivity contribution in [3.8, 4) is 22.9 Å². The summed E-state index contributed by atoms with van der Waals surface area (Å²) in [7, 11) is 1.61. The fourth-order valence-corrected chi connectivity index (χ4v) is 3.22. The number of hydrogen-bond donors (Lipinski definition) is 1. The molecule has 1 aromatic carbocycles. The van der Waals surface area contributed by atoms with E-state index in [-0.39, 0.29) is 5.82 Å². The minimum atomic E-state index is 0.278. The first-order valence-electron chi connectivity index (χ1n) is 7.21. The standard InChI is InChI=1S/C17H16ClN3O/c1-22-15-7-6-10(18)8-12(15)16-11-4-2-3-5-14(11)21-17(20)13(16)9-19/h6-8H,2-5H2,1H3,(H2,20,21). The maximum atomic E-state index is 9.55. The number of benzene rings is 1. The molecule has 0 amide bonds. The van der Waals surface area contributed by atoms with Gasteiger partial charge in [0.15, 0.2) is 0 Å². The van der Waals surface area contributed by atoms with Crippen LogP contribution in [0.15, 0.2) is 18.2 Å². The molecule has 4 nitrogen and oxygen atoms in total. The molecule has 2 N–H and O–H groups in total. The van der Waals surface area contributed by atoms with Crippen molar-refractivity contribution in [1.29, 1.82) is 5.26 Å². The first-order valence-corrected chi connectivity index (χ1v) is 7.58. The number of halogens is 1. The third-order valence-electron chi connectivity index (χ3n) is 4.04. The molecule has 5 heteroatoms.